The summed E-state index contributed by atoms with van der Waals surface area (Å²) < 4.78 is 72.8. The van der Waals surface area contributed by atoms with Crippen LogP contribution in [-0.4, -0.2) is 231 Å². The summed E-state index contributed by atoms with van der Waals surface area (Å²) >= 11 is 2.83. The maximum Gasteiger partial charge on any atom is 0.411 e. The predicted molar refractivity (Wildman–Crippen MR) is 327 cm³/mol. The molecule has 9 N–H and O–H groups in total. The van der Waals surface area contributed by atoms with E-state index in [0.29, 0.717) is 26.7 Å². The zero-order valence-electron chi connectivity index (χ0n) is 49.9. The molecule has 0 unspecified atom stereocenters. The highest BCUT2D eigenvalue weighted by molar-refractivity contribution is 14.1. The number of amides is 1. The minimum atomic E-state index is -2.06. The lowest BCUT2D eigenvalue weighted by atomic mass is 9.75. The van der Waals surface area contributed by atoms with Crippen LogP contribution >= 0.6 is 55.9 Å². The quantitative estimate of drug-likeness (QED) is 0.0264. The number of rotatable bonds is 22. The number of ketones is 1. The van der Waals surface area contributed by atoms with Crippen LogP contribution in [0.15, 0.2) is 35.1 Å². The lowest BCUT2D eigenvalue weighted by Gasteiger charge is -2.46. The van der Waals surface area contributed by atoms with Gasteiger partial charge in [0.15, 0.2) is 41.8 Å². The van der Waals surface area contributed by atoms with E-state index in [9.17, 15) is 39.9 Å². The molecule has 5 heterocycles. The molecule has 87 heavy (non-hydrogen) atoms. The Morgan fingerprint density at radius 3 is 2.32 bits per heavy atom. The number of hydroxylamine groups is 1. The summed E-state index contributed by atoms with van der Waals surface area (Å²) in [6.07, 6.45) is -12.7. The lowest BCUT2D eigenvalue weighted by molar-refractivity contribution is -0.336. The standard InChI is InChI=1S/C58H79IN4O21S3/c1-11-61-33-26-77-38(23-37(33)72-6)82-51-46(67)43(28(3)79-56(51)81-36-16-14-12-13-15-19-58(71)24-35(65)44(62-57(70)76-10)41(36)32(58)18-21-85-87-31-17-20-60-25-31)63-84-39-22-34(64)53(30(5)78-39)86-54(69)40-27(2)42(59)49(52(75-9)48(40)73-7)83-55-47(68)50(74-8)45(66)29(4)80-55/h12-13,18,28-31,33-34,36-39,43,45-47,50-51,53,55-56,60-61,63-64,66-68,71H,11,17,20-26H2,1-10H3,(H,62,70)/b13-12-,32-18+/t28-,29+,30-,31-,33+,34+,36+,37+,38+,39+,43-,45+,46-,47-,50-,51-,53-,55+,56+,58+/m1/s1. The number of aliphatic hydroxyl groups is 5. The fourth-order valence-corrected chi connectivity index (χ4v) is 15.5. The third kappa shape index (κ3) is 16.1. The van der Waals surface area contributed by atoms with Gasteiger partial charge in [-0.1, -0.05) is 70.0 Å². The second-order valence-electron chi connectivity index (χ2n) is 21.5. The van der Waals surface area contributed by atoms with E-state index in [1.54, 1.807) is 62.5 Å². The fraction of sp³-hybridized carbons (Fsp3) is 0.672. The molecule has 5 aliphatic heterocycles. The number of hydrogen-bond acceptors (Lipinski definition) is 27. The number of allylic oxidation sites excluding steroid dienone is 3. The molecular formula is C58H79IN4O21S3. The van der Waals surface area contributed by atoms with Gasteiger partial charge in [0.05, 0.1) is 97.0 Å². The van der Waals surface area contributed by atoms with Crippen LogP contribution in [0.2, 0.25) is 0 Å². The minimum Gasteiger partial charge on any atom is -0.492 e. The Labute approximate surface area is 531 Å². The number of methoxy groups -OCH3 is 5. The third-order valence-corrected chi connectivity index (χ3v) is 21.3. The van der Waals surface area contributed by atoms with E-state index in [4.69, 9.17) is 61.7 Å². The van der Waals surface area contributed by atoms with E-state index >= 15 is 0 Å². The Balaban J connectivity index is 1.02. The van der Waals surface area contributed by atoms with Crippen molar-refractivity contribution in [3.05, 3.63) is 49.8 Å². The molecule has 1 amide bonds. The molecule has 1 aromatic carbocycles. The number of fused-ring (bicyclic) bond motifs is 2. The number of likely N-dealkylation sites (N-methyl/N-ethyl adjacent to an activating group) is 1. The summed E-state index contributed by atoms with van der Waals surface area (Å²) in [5, 5.41) is 66.7. The van der Waals surface area contributed by atoms with Crippen molar-refractivity contribution in [2.24, 2.45) is 0 Å². The van der Waals surface area contributed by atoms with Gasteiger partial charge in [0.25, 0.3) is 0 Å². The van der Waals surface area contributed by atoms with E-state index < -0.39 is 127 Å². The van der Waals surface area contributed by atoms with Crippen LogP contribution in [0.25, 0.3) is 0 Å². The van der Waals surface area contributed by atoms with Gasteiger partial charge in [-0.15, -0.1) is 0 Å². The molecule has 8 rings (SSSR count). The van der Waals surface area contributed by atoms with Crippen LogP contribution in [0, 0.1) is 34.2 Å². The highest BCUT2D eigenvalue weighted by Crippen LogP contribution is 2.49. The van der Waals surface area contributed by atoms with Crippen molar-refractivity contribution in [1.82, 2.24) is 21.4 Å². The third-order valence-electron chi connectivity index (χ3n) is 15.9. The maximum atomic E-state index is 14.5. The summed E-state index contributed by atoms with van der Waals surface area (Å²) in [5.74, 6) is 11.5. The SMILES string of the molecule is CCN[C@H]1CO[C@@H](O[C@H]2[C@H](O[C@H]3C#C/C=C\C#C[C@]4(O)CC(=O)C(NC(=O)OC)=C3/C4=C\CSS[C@@H]3CCNC3)O[C@H](C)[C@@H](NO[C@H]3C[C@H](O)[C@H](SC(=O)c4c(C)c(I)c(O[C@@H]5O[C@@H](C)[C@H](O)[C@@H](OC)[C@H]5O)c(OC)c4OC)[C@@H](C)O3)[C@H]2O)C[C@@H]1OC. The zero-order valence-corrected chi connectivity index (χ0v) is 54.5. The van der Waals surface area contributed by atoms with Crippen LogP contribution in [0.4, 0.5) is 4.79 Å². The smallest absolute Gasteiger partial charge is 0.411 e. The van der Waals surface area contributed by atoms with Crippen molar-refractivity contribution in [2.45, 2.75) is 181 Å². The lowest BCUT2D eigenvalue weighted by Crippen LogP contribution is -2.65. The summed E-state index contributed by atoms with van der Waals surface area (Å²) in [5.41, 5.74) is 1.35. The van der Waals surface area contributed by atoms with Crippen molar-refractivity contribution in [3.8, 4) is 40.9 Å². The predicted octanol–water partition coefficient (Wildman–Crippen LogP) is 2.28. The second kappa shape index (κ2) is 31.8. The van der Waals surface area contributed by atoms with Gasteiger partial charge in [0, 0.05) is 55.8 Å². The van der Waals surface area contributed by atoms with Gasteiger partial charge in [0.1, 0.15) is 36.6 Å². The van der Waals surface area contributed by atoms with Crippen LogP contribution in [0.5, 0.6) is 17.2 Å². The summed E-state index contributed by atoms with van der Waals surface area (Å²) in [4.78, 5) is 47.8. The van der Waals surface area contributed by atoms with E-state index in [1.807, 2.05) is 29.5 Å². The Morgan fingerprint density at radius 2 is 1.64 bits per heavy atom. The van der Waals surface area contributed by atoms with E-state index in [2.05, 4.69) is 45.1 Å². The molecule has 2 aliphatic carbocycles. The number of carbonyl (C=O) groups is 3. The molecule has 482 valence electrons. The van der Waals surface area contributed by atoms with E-state index in [-0.39, 0.29) is 71.2 Å². The van der Waals surface area contributed by atoms with Crippen molar-refractivity contribution in [2.75, 3.05) is 67.5 Å². The van der Waals surface area contributed by atoms with Crippen molar-refractivity contribution in [1.29, 1.82) is 0 Å². The van der Waals surface area contributed by atoms with Crippen molar-refractivity contribution < 1.29 is 102 Å². The fourth-order valence-electron chi connectivity index (χ4n) is 11.3. The first-order valence-corrected chi connectivity index (χ1v) is 32.9. The second-order valence-corrected chi connectivity index (χ2v) is 26.5. The zero-order chi connectivity index (χ0) is 62.9. The minimum absolute atomic E-state index is 0.00311. The molecule has 5 saturated heterocycles. The Hall–Kier alpha value is -3.33. The summed E-state index contributed by atoms with van der Waals surface area (Å²) in [6.45, 7) is 11.2. The van der Waals surface area contributed by atoms with Gasteiger partial charge in [-0.3, -0.25) is 19.7 Å². The number of carbonyl (C=O) groups excluding carboxylic acids is 3. The normalized spacial score (nSPS) is 36.9. The highest BCUT2D eigenvalue weighted by Gasteiger charge is 2.52. The number of benzene rings is 1. The van der Waals surface area contributed by atoms with Crippen molar-refractivity contribution in [3.63, 3.8) is 0 Å². The van der Waals surface area contributed by atoms with Gasteiger partial charge in [-0.05, 0) is 87.5 Å². The average Bonchev–Trinajstić information content (AvgIpc) is 1.04. The monoisotopic (exact) mass is 1390 g/mol. The molecule has 2 bridgehead atoms. The summed E-state index contributed by atoms with van der Waals surface area (Å²) in [6, 6.07) is -1.27. The van der Waals surface area contributed by atoms with Crippen LogP contribution in [0.3, 0.4) is 0 Å². The van der Waals surface area contributed by atoms with Gasteiger partial charge in [0.2, 0.25) is 17.2 Å². The topological polar surface area (TPSA) is 320 Å². The summed E-state index contributed by atoms with van der Waals surface area (Å²) in [7, 11) is 10.1. The number of ether oxygens (including phenoxy) is 12. The first kappa shape index (κ1) is 69.6. The number of alkyl carbamates (subject to hydrolysis) is 1. The highest BCUT2D eigenvalue weighted by atomic mass is 127. The van der Waals surface area contributed by atoms with Gasteiger partial charge >= 0.3 is 6.09 Å². The number of halogens is 1. The maximum absolute atomic E-state index is 14.5. The van der Waals surface area contributed by atoms with E-state index in [1.165, 1.54) is 33.5 Å². The molecule has 0 saturated carbocycles. The largest absolute Gasteiger partial charge is 0.492 e. The molecule has 7 aliphatic rings. The van der Waals surface area contributed by atoms with Crippen LogP contribution < -0.4 is 35.6 Å². The Kier molecular flexibility index (Phi) is 25.4. The van der Waals surface area contributed by atoms with E-state index in [0.717, 1.165) is 38.4 Å². The van der Waals surface area contributed by atoms with Crippen molar-refractivity contribution >= 4 is 72.9 Å². The molecule has 0 aromatic heterocycles. The van der Waals surface area contributed by atoms with Gasteiger partial charge in [-0.25, -0.2) is 4.79 Å². The first-order valence-electron chi connectivity index (χ1n) is 28.6. The molecule has 1 aromatic rings. The number of Topliss-reactive ketones (excluding diaryl/α,β-unsaturated/α-hetero) is 1. The van der Waals surface area contributed by atoms with Gasteiger partial charge in [-0.2, -0.15) is 5.48 Å². The van der Waals surface area contributed by atoms with Crippen LogP contribution in [-0.2, 0) is 52.3 Å². The number of aliphatic hydroxyl groups excluding tert-OH is 4. The first-order chi connectivity index (χ1) is 41.7. The average molecular weight is 1390 g/mol. The molecule has 5 fully saturated rings. The molecule has 0 radical (unpaired) electrons. The van der Waals surface area contributed by atoms with Gasteiger partial charge < -0.3 is 93.0 Å². The molecule has 25 nitrogen and oxygen atoms in total. The molecule has 29 heteroatoms. The Bertz CT molecular complexity index is 2820. The molecule has 0 spiro atoms. The number of thioether (sulfide) groups is 1. The molecule has 20 atom stereocenters. The molecular weight excluding hydrogens is 1310 g/mol. The van der Waals surface area contributed by atoms with Crippen LogP contribution in [0.1, 0.15) is 69.3 Å². The Morgan fingerprint density at radius 1 is 0.897 bits per heavy atom. The number of hydrogen-bond donors (Lipinski definition) is 9. The number of nitrogens with one attached hydrogen (secondary N) is 4.